The Balaban J connectivity index is 2.89. The Bertz CT molecular complexity index is 418. The zero-order chi connectivity index (χ0) is 13.5. The molecule has 100 valence electrons. The van der Waals surface area contributed by atoms with Gasteiger partial charge in [-0.2, -0.15) is 0 Å². The number of rotatable bonds is 6. The van der Waals surface area contributed by atoms with Crippen molar-refractivity contribution < 1.29 is 19.4 Å². The molecule has 0 unspecified atom stereocenters. The van der Waals surface area contributed by atoms with Crippen molar-refractivity contribution in [2.75, 3.05) is 27.4 Å². The maximum atomic E-state index is 11.6. The molecular formula is C13H19NO4. The van der Waals surface area contributed by atoms with Crippen LogP contribution in [0.5, 0.6) is 11.5 Å². The average molecular weight is 253 g/mol. The Morgan fingerprint density at radius 1 is 1.28 bits per heavy atom. The van der Waals surface area contributed by atoms with E-state index in [1.807, 2.05) is 13.0 Å². The third-order valence-corrected chi connectivity index (χ3v) is 2.58. The van der Waals surface area contributed by atoms with Crippen molar-refractivity contribution in [1.82, 2.24) is 5.32 Å². The molecule has 0 bridgehead atoms. The number of nitrogens with one attached hydrogen (secondary N) is 1. The molecule has 0 saturated carbocycles. The number of carbonyl (C=O) groups excluding carboxylic acids is 1. The maximum absolute atomic E-state index is 11.6. The molecule has 0 fully saturated rings. The van der Waals surface area contributed by atoms with E-state index in [9.17, 15) is 4.79 Å². The van der Waals surface area contributed by atoms with Crippen LogP contribution in [0.3, 0.4) is 0 Å². The second kappa shape index (κ2) is 6.86. The summed E-state index contributed by atoms with van der Waals surface area (Å²) in [6.45, 7) is 2.10. The number of benzene rings is 1. The van der Waals surface area contributed by atoms with Crippen LogP contribution >= 0.6 is 0 Å². The third kappa shape index (κ3) is 3.63. The zero-order valence-corrected chi connectivity index (χ0v) is 10.9. The summed E-state index contributed by atoms with van der Waals surface area (Å²) in [5.74, 6) is 1.22. The lowest BCUT2D eigenvalue weighted by molar-refractivity contribution is -0.120. The van der Waals surface area contributed by atoms with E-state index >= 15 is 0 Å². The van der Waals surface area contributed by atoms with E-state index in [-0.39, 0.29) is 25.5 Å². The highest BCUT2D eigenvalue weighted by Crippen LogP contribution is 2.28. The Morgan fingerprint density at radius 3 is 2.50 bits per heavy atom. The van der Waals surface area contributed by atoms with Gasteiger partial charge in [0.25, 0.3) is 0 Å². The van der Waals surface area contributed by atoms with Crippen LogP contribution in [-0.4, -0.2) is 38.4 Å². The van der Waals surface area contributed by atoms with Gasteiger partial charge < -0.3 is 19.9 Å². The van der Waals surface area contributed by atoms with E-state index < -0.39 is 0 Å². The zero-order valence-electron chi connectivity index (χ0n) is 10.9. The van der Waals surface area contributed by atoms with Gasteiger partial charge in [0.05, 0.1) is 27.2 Å². The minimum atomic E-state index is -0.159. The Hall–Kier alpha value is -1.75. The van der Waals surface area contributed by atoms with Gasteiger partial charge in [-0.3, -0.25) is 4.79 Å². The van der Waals surface area contributed by atoms with Gasteiger partial charge in [0.1, 0.15) is 11.5 Å². The number of hydrogen-bond acceptors (Lipinski definition) is 4. The number of aliphatic hydroxyl groups is 1. The standard InChI is InChI=1S/C13H19NO4/c1-9-6-12(18-3)10(7-11(9)17-2)8-13(16)14-4-5-15/h6-7,15H,4-5,8H2,1-3H3,(H,14,16). The summed E-state index contributed by atoms with van der Waals surface area (Å²) in [6, 6.07) is 3.64. The van der Waals surface area contributed by atoms with Crippen molar-refractivity contribution >= 4 is 5.91 Å². The normalized spacial score (nSPS) is 10.0. The quantitative estimate of drug-likeness (QED) is 0.781. The van der Waals surface area contributed by atoms with Crippen molar-refractivity contribution in [2.45, 2.75) is 13.3 Å². The second-order valence-electron chi connectivity index (χ2n) is 3.88. The number of aryl methyl sites for hydroxylation is 1. The van der Waals surface area contributed by atoms with Crippen molar-refractivity contribution in [3.8, 4) is 11.5 Å². The average Bonchev–Trinajstić information content (AvgIpc) is 2.37. The lowest BCUT2D eigenvalue weighted by Crippen LogP contribution is -2.28. The van der Waals surface area contributed by atoms with E-state index in [4.69, 9.17) is 14.6 Å². The number of ether oxygens (including phenoxy) is 2. The van der Waals surface area contributed by atoms with Crippen LogP contribution in [0.1, 0.15) is 11.1 Å². The molecule has 0 atom stereocenters. The molecule has 5 nitrogen and oxygen atoms in total. The van der Waals surface area contributed by atoms with Crippen LogP contribution in [0.25, 0.3) is 0 Å². The first-order chi connectivity index (χ1) is 8.62. The fourth-order valence-electron chi connectivity index (χ4n) is 1.68. The smallest absolute Gasteiger partial charge is 0.224 e. The van der Waals surface area contributed by atoms with Crippen molar-refractivity contribution in [1.29, 1.82) is 0 Å². The molecule has 2 N–H and O–H groups in total. The molecule has 5 heteroatoms. The molecule has 0 saturated heterocycles. The third-order valence-electron chi connectivity index (χ3n) is 2.58. The predicted octanol–water partition coefficient (Wildman–Crippen LogP) is 0.663. The molecule has 0 aliphatic carbocycles. The van der Waals surface area contributed by atoms with Gasteiger partial charge in [-0.15, -0.1) is 0 Å². The van der Waals surface area contributed by atoms with Gasteiger partial charge in [0.2, 0.25) is 5.91 Å². The van der Waals surface area contributed by atoms with Crippen LogP contribution in [0.4, 0.5) is 0 Å². The van der Waals surface area contributed by atoms with Crippen LogP contribution in [-0.2, 0) is 11.2 Å². The van der Waals surface area contributed by atoms with E-state index in [0.717, 1.165) is 16.9 Å². The molecule has 1 amide bonds. The van der Waals surface area contributed by atoms with Crippen LogP contribution in [0, 0.1) is 6.92 Å². The van der Waals surface area contributed by atoms with Crippen molar-refractivity contribution in [3.05, 3.63) is 23.3 Å². The van der Waals surface area contributed by atoms with Gasteiger partial charge >= 0.3 is 0 Å². The monoisotopic (exact) mass is 253 g/mol. The number of aliphatic hydroxyl groups excluding tert-OH is 1. The van der Waals surface area contributed by atoms with Crippen molar-refractivity contribution in [2.24, 2.45) is 0 Å². The molecule has 1 aromatic rings. The van der Waals surface area contributed by atoms with Gasteiger partial charge in [-0.1, -0.05) is 0 Å². The summed E-state index contributed by atoms with van der Waals surface area (Å²) in [6.07, 6.45) is 0.194. The van der Waals surface area contributed by atoms with Gasteiger partial charge in [0.15, 0.2) is 0 Å². The van der Waals surface area contributed by atoms with E-state index in [1.165, 1.54) is 0 Å². The molecule has 0 aliphatic heterocycles. The lowest BCUT2D eigenvalue weighted by atomic mass is 10.1. The van der Waals surface area contributed by atoms with Crippen molar-refractivity contribution in [3.63, 3.8) is 0 Å². The molecular weight excluding hydrogens is 234 g/mol. The Morgan fingerprint density at radius 2 is 1.94 bits per heavy atom. The minimum Gasteiger partial charge on any atom is -0.496 e. The highest BCUT2D eigenvalue weighted by Gasteiger charge is 2.12. The minimum absolute atomic E-state index is 0.0694. The van der Waals surface area contributed by atoms with Crippen LogP contribution < -0.4 is 14.8 Å². The maximum Gasteiger partial charge on any atom is 0.224 e. The fourth-order valence-corrected chi connectivity index (χ4v) is 1.68. The predicted molar refractivity (Wildman–Crippen MR) is 68.1 cm³/mol. The SMILES string of the molecule is COc1cc(CC(=O)NCCO)c(OC)cc1C. The number of methoxy groups -OCH3 is 2. The van der Waals surface area contributed by atoms with E-state index in [2.05, 4.69) is 5.32 Å². The molecule has 0 spiro atoms. The highest BCUT2D eigenvalue weighted by molar-refractivity contribution is 5.79. The Kier molecular flexibility index (Phi) is 5.45. The number of amides is 1. The largest absolute Gasteiger partial charge is 0.496 e. The Labute approximate surface area is 107 Å². The first-order valence-electron chi connectivity index (χ1n) is 5.71. The molecule has 0 heterocycles. The van der Waals surface area contributed by atoms with Gasteiger partial charge in [-0.05, 0) is 24.6 Å². The highest BCUT2D eigenvalue weighted by atomic mass is 16.5. The van der Waals surface area contributed by atoms with Crippen LogP contribution in [0.2, 0.25) is 0 Å². The van der Waals surface area contributed by atoms with Gasteiger partial charge in [0, 0.05) is 12.1 Å². The molecule has 1 rings (SSSR count). The summed E-state index contributed by atoms with van der Waals surface area (Å²) >= 11 is 0. The molecule has 0 aromatic heterocycles. The second-order valence-corrected chi connectivity index (χ2v) is 3.88. The number of hydrogen-bond donors (Lipinski definition) is 2. The van der Waals surface area contributed by atoms with Crippen LogP contribution in [0.15, 0.2) is 12.1 Å². The molecule has 0 aliphatic rings. The summed E-state index contributed by atoms with van der Waals surface area (Å²) in [7, 11) is 3.15. The first-order valence-corrected chi connectivity index (χ1v) is 5.71. The summed E-state index contributed by atoms with van der Waals surface area (Å²) in [5, 5.41) is 11.2. The lowest BCUT2D eigenvalue weighted by Gasteiger charge is -2.12. The summed E-state index contributed by atoms with van der Waals surface area (Å²) in [4.78, 5) is 11.6. The first kappa shape index (κ1) is 14.3. The summed E-state index contributed by atoms with van der Waals surface area (Å²) in [5.41, 5.74) is 1.71. The number of carbonyl (C=O) groups is 1. The summed E-state index contributed by atoms with van der Waals surface area (Å²) < 4.78 is 10.5. The van der Waals surface area contributed by atoms with Gasteiger partial charge in [-0.25, -0.2) is 0 Å². The topological polar surface area (TPSA) is 67.8 Å². The molecule has 1 aromatic carbocycles. The van der Waals surface area contributed by atoms with E-state index in [1.54, 1.807) is 20.3 Å². The fraction of sp³-hybridized carbons (Fsp3) is 0.462. The van der Waals surface area contributed by atoms with E-state index in [0.29, 0.717) is 5.75 Å². The molecule has 18 heavy (non-hydrogen) atoms. The molecule has 0 radical (unpaired) electrons.